The molecular formula is C20H18F3IN4. The number of nitrogens with one attached hydrogen (secondary N) is 2. The molecule has 3 aromatic rings. The predicted octanol–water partition coefficient (Wildman–Crippen LogP) is 6.71. The monoisotopic (exact) mass is 498 g/mol. The Bertz CT molecular complexity index is 956. The molecule has 0 saturated heterocycles. The zero-order valence-corrected chi connectivity index (χ0v) is 17.3. The summed E-state index contributed by atoms with van der Waals surface area (Å²) in [4.78, 5) is 7.90. The van der Waals surface area contributed by atoms with Gasteiger partial charge < -0.3 is 10.6 Å². The van der Waals surface area contributed by atoms with Crippen LogP contribution < -0.4 is 10.6 Å². The average Bonchev–Trinajstić information content (AvgIpc) is 2.61. The molecule has 0 radical (unpaired) electrons. The Balaban J connectivity index is 1.90. The Kier molecular flexibility index (Phi) is 6.07. The van der Waals surface area contributed by atoms with Crippen molar-refractivity contribution < 1.29 is 13.2 Å². The van der Waals surface area contributed by atoms with Crippen LogP contribution >= 0.6 is 22.6 Å². The second kappa shape index (κ2) is 8.34. The van der Waals surface area contributed by atoms with Crippen LogP contribution in [-0.4, -0.2) is 9.97 Å². The summed E-state index contributed by atoms with van der Waals surface area (Å²) in [5.41, 5.74) is 1.46. The van der Waals surface area contributed by atoms with Gasteiger partial charge in [-0.2, -0.15) is 18.2 Å². The molecule has 4 nitrogen and oxygen atoms in total. The van der Waals surface area contributed by atoms with Crippen molar-refractivity contribution >= 4 is 45.7 Å². The number of aromatic nitrogens is 2. The van der Waals surface area contributed by atoms with Gasteiger partial charge in [-0.1, -0.05) is 32.0 Å². The van der Waals surface area contributed by atoms with Crippen molar-refractivity contribution in [1.29, 1.82) is 0 Å². The summed E-state index contributed by atoms with van der Waals surface area (Å²) >= 11 is 2.09. The number of rotatable bonds is 5. The van der Waals surface area contributed by atoms with Gasteiger partial charge in [0.1, 0.15) is 11.4 Å². The minimum atomic E-state index is -4.57. The van der Waals surface area contributed by atoms with Crippen molar-refractivity contribution in [3.05, 3.63) is 69.4 Å². The molecule has 0 aliphatic carbocycles. The number of alkyl halides is 3. The van der Waals surface area contributed by atoms with Gasteiger partial charge in [0.05, 0.1) is 0 Å². The summed E-state index contributed by atoms with van der Waals surface area (Å²) in [5, 5.41) is 5.71. The lowest BCUT2D eigenvalue weighted by molar-refractivity contribution is -0.137. The number of halogens is 4. The molecule has 0 fully saturated rings. The van der Waals surface area contributed by atoms with E-state index in [1.807, 2.05) is 30.3 Å². The quantitative estimate of drug-likeness (QED) is 0.384. The van der Waals surface area contributed by atoms with E-state index in [1.165, 1.54) is 5.56 Å². The SMILES string of the molecule is CC(C)c1ccc(Nc2ncc(C(F)(F)F)c(Nc3cccc(I)c3)n2)cc1. The Morgan fingerprint density at radius 3 is 2.29 bits per heavy atom. The van der Waals surface area contributed by atoms with Gasteiger partial charge in [0.2, 0.25) is 5.95 Å². The summed E-state index contributed by atoms with van der Waals surface area (Å²) in [7, 11) is 0. The third-order valence-electron chi connectivity index (χ3n) is 4.02. The normalized spacial score (nSPS) is 11.5. The van der Waals surface area contributed by atoms with Crippen molar-refractivity contribution in [2.24, 2.45) is 0 Å². The van der Waals surface area contributed by atoms with Gasteiger partial charge in [-0.3, -0.25) is 0 Å². The third-order valence-corrected chi connectivity index (χ3v) is 4.69. The molecule has 2 N–H and O–H groups in total. The number of nitrogens with zero attached hydrogens (tertiary/aromatic N) is 2. The van der Waals surface area contributed by atoms with Crippen molar-refractivity contribution in [2.75, 3.05) is 10.6 Å². The molecule has 0 aliphatic rings. The van der Waals surface area contributed by atoms with Crippen molar-refractivity contribution in [1.82, 2.24) is 9.97 Å². The summed E-state index contributed by atoms with van der Waals surface area (Å²) in [6, 6.07) is 14.7. The molecule has 8 heteroatoms. The molecule has 0 bridgehead atoms. The Labute approximate surface area is 174 Å². The number of anilines is 4. The highest BCUT2D eigenvalue weighted by Gasteiger charge is 2.35. The zero-order chi connectivity index (χ0) is 20.3. The van der Waals surface area contributed by atoms with E-state index in [0.717, 1.165) is 9.77 Å². The summed E-state index contributed by atoms with van der Waals surface area (Å²) in [6.45, 7) is 4.17. The van der Waals surface area contributed by atoms with Crippen LogP contribution in [0.25, 0.3) is 0 Å². The maximum atomic E-state index is 13.4. The Hall–Kier alpha value is -2.36. The molecule has 0 unspecified atom stereocenters. The molecule has 3 rings (SSSR count). The van der Waals surface area contributed by atoms with Crippen LogP contribution in [0, 0.1) is 3.57 Å². The van der Waals surface area contributed by atoms with Crippen LogP contribution in [0.3, 0.4) is 0 Å². The van der Waals surface area contributed by atoms with E-state index in [4.69, 9.17) is 0 Å². The second-order valence-corrected chi connectivity index (χ2v) is 7.74. The highest BCUT2D eigenvalue weighted by molar-refractivity contribution is 14.1. The fraction of sp³-hybridized carbons (Fsp3) is 0.200. The summed E-state index contributed by atoms with van der Waals surface area (Å²) < 4.78 is 41.0. The highest BCUT2D eigenvalue weighted by atomic mass is 127. The molecule has 146 valence electrons. The maximum Gasteiger partial charge on any atom is 0.421 e. The molecule has 0 amide bonds. The predicted molar refractivity (Wildman–Crippen MR) is 113 cm³/mol. The van der Waals surface area contributed by atoms with Crippen LogP contribution in [0.1, 0.15) is 30.9 Å². The lowest BCUT2D eigenvalue weighted by atomic mass is 10.0. The van der Waals surface area contributed by atoms with Gasteiger partial charge in [-0.15, -0.1) is 0 Å². The smallest absolute Gasteiger partial charge is 0.340 e. The highest BCUT2D eigenvalue weighted by Crippen LogP contribution is 2.35. The van der Waals surface area contributed by atoms with Crippen LogP contribution in [0.2, 0.25) is 0 Å². The van der Waals surface area contributed by atoms with Crippen LogP contribution in [0.4, 0.5) is 36.3 Å². The number of hydrogen-bond acceptors (Lipinski definition) is 4. The fourth-order valence-corrected chi connectivity index (χ4v) is 3.07. The van der Waals surface area contributed by atoms with Gasteiger partial charge in [0.25, 0.3) is 0 Å². The van der Waals surface area contributed by atoms with E-state index in [0.29, 0.717) is 17.3 Å². The maximum absolute atomic E-state index is 13.4. The Morgan fingerprint density at radius 2 is 1.68 bits per heavy atom. The number of hydrogen-bond donors (Lipinski definition) is 2. The summed E-state index contributed by atoms with van der Waals surface area (Å²) in [5.74, 6) is 0.171. The van der Waals surface area contributed by atoms with Gasteiger partial charge >= 0.3 is 6.18 Å². The van der Waals surface area contributed by atoms with E-state index < -0.39 is 11.7 Å². The van der Waals surface area contributed by atoms with Crippen LogP contribution in [0.5, 0.6) is 0 Å². The summed E-state index contributed by atoms with van der Waals surface area (Å²) in [6.07, 6.45) is -3.78. The second-order valence-electron chi connectivity index (χ2n) is 6.49. The van der Waals surface area contributed by atoms with Crippen LogP contribution in [-0.2, 0) is 6.18 Å². The Morgan fingerprint density at radius 1 is 0.964 bits per heavy atom. The van der Waals surface area contributed by atoms with Crippen LogP contribution in [0.15, 0.2) is 54.7 Å². The third kappa shape index (κ3) is 5.12. The first-order valence-corrected chi connectivity index (χ1v) is 9.64. The molecule has 0 aliphatic heterocycles. The molecule has 0 spiro atoms. The first-order valence-electron chi connectivity index (χ1n) is 8.56. The lowest BCUT2D eigenvalue weighted by Gasteiger charge is -2.15. The fourth-order valence-electron chi connectivity index (χ4n) is 2.53. The lowest BCUT2D eigenvalue weighted by Crippen LogP contribution is -2.12. The van der Waals surface area contributed by atoms with Crippen molar-refractivity contribution in [3.8, 4) is 0 Å². The molecule has 28 heavy (non-hydrogen) atoms. The van der Waals surface area contributed by atoms with Gasteiger partial charge in [-0.05, 0) is 64.4 Å². The molecule has 1 aromatic heterocycles. The average molecular weight is 498 g/mol. The van der Waals surface area contributed by atoms with Crippen molar-refractivity contribution in [2.45, 2.75) is 25.9 Å². The van der Waals surface area contributed by atoms with Gasteiger partial charge in [-0.25, -0.2) is 4.98 Å². The molecular weight excluding hydrogens is 480 g/mol. The van der Waals surface area contributed by atoms with E-state index in [-0.39, 0.29) is 11.8 Å². The van der Waals surface area contributed by atoms with E-state index in [2.05, 4.69) is 57.0 Å². The minimum absolute atomic E-state index is 0.0819. The molecule has 0 saturated carbocycles. The zero-order valence-electron chi connectivity index (χ0n) is 15.2. The van der Waals surface area contributed by atoms with E-state index in [9.17, 15) is 13.2 Å². The first-order chi connectivity index (χ1) is 13.2. The van der Waals surface area contributed by atoms with Gasteiger partial charge in [0.15, 0.2) is 0 Å². The minimum Gasteiger partial charge on any atom is -0.340 e. The molecule has 1 heterocycles. The van der Waals surface area contributed by atoms with Crippen molar-refractivity contribution in [3.63, 3.8) is 0 Å². The topological polar surface area (TPSA) is 49.8 Å². The first kappa shape index (κ1) is 20.4. The molecule has 0 atom stereocenters. The van der Waals surface area contributed by atoms with E-state index >= 15 is 0 Å². The van der Waals surface area contributed by atoms with E-state index in [1.54, 1.807) is 18.2 Å². The molecule has 2 aromatic carbocycles. The van der Waals surface area contributed by atoms with Gasteiger partial charge in [0, 0.05) is 21.1 Å². The standard InChI is InChI=1S/C20H18F3IN4/c1-12(2)13-6-8-15(9-7-13)27-19-25-11-17(20(21,22)23)18(28-19)26-16-5-3-4-14(24)10-16/h3-12H,1-2H3,(H2,25,26,27,28). The largest absolute Gasteiger partial charge is 0.421 e. The number of benzene rings is 2.